The molecule has 0 radical (unpaired) electrons. The van der Waals surface area contributed by atoms with Crippen LogP contribution >= 0.6 is 0 Å². The van der Waals surface area contributed by atoms with Crippen LogP contribution in [0.4, 0.5) is 18.0 Å². The summed E-state index contributed by atoms with van der Waals surface area (Å²) < 4.78 is 45.5. The maximum absolute atomic E-state index is 14.5. The zero-order valence-electron chi connectivity index (χ0n) is 33.5. The normalized spacial score (nSPS) is 24.4. The zero-order chi connectivity index (χ0) is 42.0. The molecule has 0 spiro atoms. The van der Waals surface area contributed by atoms with Crippen LogP contribution in [0.2, 0.25) is 0 Å². The van der Waals surface area contributed by atoms with Gasteiger partial charge in [-0.2, -0.15) is 13.2 Å². The van der Waals surface area contributed by atoms with Gasteiger partial charge in [-0.1, -0.05) is 76.3 Å². The second-order valence-corrected chi connectivity index (χ2v) is 17.6. The lowest BCUT2D eigenvalue weighted by Crippen LogP contribution is -2.55. The number of hydrogen-bond donors (Lipinski definition) is 4. The fourth-order valence-corrected chi connectivity index (χ4v) is 8.82. The van der Waals surface area contributed by atoms with Crippen LogP contribution in [0, 0.1) is 40.9 Å². The molecule has 0 aliphatic heterocycles. The number of ether oxygens (including phenoxy) is 1. The number of fused-ring (bicyclic) bond motifs is 1. The Bertz CT molecular complexity index is 1710. The van der Waals surface area contributed by atoms with Crippen molar-refractivity contribution < 1.29 is 51.5 Å². The third kappa shape index (κ3) is 10.2. The first-order valence-corrected chi connectivity index (χ1v) is 19.9. The van der Waals surface area contributed by atoms with Crippen molar-refractivity contribution in [2.24, 2.45) is 40.9 Å². The molecule has 4 aliphatic rings. The minimum Gasteiger partial charge on any atom is -0.434 e. The van der Waals surface area contributed by atoms with Gasteiger partial charge in [0.15, 0.2) is 5.78 Å². The number of carbonyl (C=O) groups excluding carboxylic acids is 7. The van der Waals surface area contributed by atoms with Gasteiger partial charge in [-0.05, 0) is 74.2 Å². The molecule has 4 fully saturated rings. The molecular weight excluding hydrogens is 747 g/mol. The molecule has 0 heterocycles. The third-order valence-corrected chi connectivity index (χ3v) is 12.5. The van der Waals surface area contributed by atoms with E-state index in [0.717, 1.165) is 46.0 Å². The van der Waals surface area contributed by atoms with Crippen molar-refractivity contribution in [1.29, 1.82) is 0 Å². The lowest BCUT2D eigenvalue weighted by atomic mass is 9.74. The third-order valence-electron chi connectivity index (χ3n) is 12.5. The summed E-state index contributed by atoms with van der Waals surface area (Å²) >= 11 is 0. The highest BCUT2D eigenvalue weighted by Gasteiger charge is 2.70. The van der Waals surface area contributed by atoms with Crippen LogP contribution in [0.3, 0.4) is 0 Å². The molecule has 0 bridgehead atoms. The van der Waals surface area contributed by atoms with Gasteiger partial charge in [0.25, 0.3) is 5.91 Å². The van der Waals surface area contributed by atoms with Crippen molar-refractivity contribution >= 4 is 41.3 Å². The summed E-state index contributed by atoms with van der Waals surface area (Å²) in [6.45, 7) is 4.80. The summed E-state index contributed by atoms with van der Waals surface area (Å²) in [6, 6.07) is 5.07. The number of ketones is 2. The molecule has 5 amide bonds. The van der Waals surface area contributed by atoms with E-state index >= 15 is 0 Å². The lowest BCUT2D eigenvalue weighted by molar-refractivity contribution is -0.244. The highest BCUT2D eigenvalue weighted by atomic mass is 19.4. The molecule has 7 atom stereocenters. The number of amides is 5. The zero-order valence-corrected chi connectivity index (χ0v) is 33.5. The number of halogens is 3. The number of Topliss-reactive ketones (excluding diaryl/α,β-unsaturated/α-hetero) is 2. The van der Waals surface area contributed by atoms with Crippen LogP contribution in [0.1, 0.15) is 97.1 Å². The number of rotatable bonds is 16. The van der Waals surface area contributed by atoms with Gasteiger partial charge >= 0.3 is 12.3 Å². The van der Waals surface area contributed by atoms with Crippen LogP contribution in [-0.4, -0.2) is 90.7 Å². The molecule has 314 valence electrons. The maximum Gasteiger partial charge on any atom is 0.427 e. The summed E-state index contributed by atoms with van der Waals surface area (Å²) in [4.78, 5) is 95.7. The van der Waals surface area contributed by atoms with Gasteiger partial charge < -0.3 is 30.9 Å². The minimum absolute atomic E-state index is 0.0243. The first-order chi connectivity index (χ1) is 26.6. The van der Waals surface area contributed by atoms with Gasteiger partial charge in [0.05, 0.1) is 24.5 Å². The monoisotopic (exact) mass is 803 g/mol. The Morgan fingerprint density at radius 1 is 0.895 bits per heavy atom. The molecule has 4 N–H and O–H groups in total. The standard InChI is InChI=1S/C41H56F3N5O8/c1-39(2)26-20-25(33(51)31(23-13-9-7-10-14-23)48-38(56)57-40(3,4)41(42,43)44)29(30(26)39)35(53)46-27(19-22-17-18-22)34(52)36(54)45-21-28(50)47-32(37(55)49(5)6)24-15-11-8-12-16-24/h8,11-12,15-16,22-23,25-27,29-32H,7,9-10,13-14,17-21H2,1-6H3,(H,45,54)(H,46,53)(H,47,50)(H,48,56)/t25?,26-,27?,29-,30-,31-,32-/m0/s1. The van der Waals surface area contributed by atoms with E-state index in [-0.39, 0.29) is 35.5 Å². The molecule has 0 saturated heterocycles. The second kappa shape index (κ2) is 17.2. The van der Waals surface area contributed by atoms with E-state index in [9.17, 15) is 46.7 Å². The fourth-order valence-electron chi connectivity index (χ4n) is 8.82. The number of alkyl carbamates (subject to hydrolysis) is 1. The molecule has 1 aromatic carbocycles. The van der Waals surface area contributed by atoms with Gasteiger partial charge in [0.1, 0.15) is 6.04 Å². The molecule has 4 saturated carbocycles. The molecule has 5 rings (SSSR count). The summed E-state index contributed by atoms with van der Waals surface area (Å²) in [5.74, 6) is -6.60. The van der Waals surface area contributed by atoms with Gasteiger partial charge in [-0.15, -0.1) is 0 Å². The summed E-state index contributed by atoms with van der Waals surface area (Å²) in [6.07, 6.45) is -0.582. The van der Waals surface area contributed by atoms with Crippen molar-refractivity contribution in [3.63, 3.8) is 0 Å². The smallest absolute Gasteiger partial charge is 0.427 e. The van der Waals surface area contributed by atoms with E-state index in [2.05, 4.69) is 21.3 Å². The van der Waals surface area contributed by atoms with Crippen molar-refractivity contribution in [3.05, 3.63) is 35.9 Å². The van der Waals surface area contributed by atoms with Crippen molar-refractivity contribution in [2.75, 3.05) is 20.6 Å². The first kappa shape index (κ1) is 43.6. The van der Waals surface area contributed by atoms with E-state index in [4.69, 9.17) is 4.74 Å². The Morgan fingerprint density at radius 3 is 2.11 bits per heavy atom. The average Bonchev–Trinajstić information content (AvgIpc) is 4.01. The van der Waals surface area contributed by atoms with Crippen LogP contribution < -0.4 is 21.3 Å². The predicted octanol–water partition coefficient (Wildman–Crippen LogP) is 4.40. The van der Waals surface area contributed by atoms with Gasteiger partial charge in [0.2, 0.25) is 29.1 Å². The Morgan fingerprint density at radius 2 is 1.53 bits per heavy atom. The van der Waals surface area contributed by atoms with Crippen LogP contribution in [-0.2, 0) is 33.5 Å². The SMILES string of the molecule is CN(C)C(=O)[C@@H](NC(=O)CNC(=O)C(=O)C(CC1CC1)NC(=O)[C@H]1C(C(=O)[C@@H](NC(=O)OC(C)(C)C(F)(F)F)C2CCCCC2)C[C@H]2[C@@H]1C2(C)C)c1ccccc1. The highest BCUT2D eigenvalue weighted by molar-refractivity contribution is 6.38. The Hall–Kier alpha value is -4.50. The van der Waals surface area contributed by atoms with E-state index in [1.807, 2.05) is 13.8 Å². The molecule has 2 unspecified atom stereocenters. The molecule has 57 heavy (non-hydrogen) atoms. The van der Waals surface area contributed by atoms with Crippen molar-refractivity contribution in [3.8, 4) is 0 Å². The number of benzene rings is 1. The molecule has 1 aromatic rings. The molecular formula is C41H56F3N5O8. The van der Waals surface area contributed by atoms with Gasteiger partial charge in [-0.25, -0.2) is 4.79 Å². The van der Waals surface area contributed by atoms with E-state index in [0.29, 0.717) is 24.8 Å². The Balaban J connectivity index is 1.29. The number of nitrogens with zero attached hydrogens (tertiary/aromatic N) is 1. The van der Waals surface area contributed by atoms with Crippen molar-refractivity contribution in [2.45, 2.75) is 115 Å². The van der Waals surface area contributed by atoms with E-state index in [1.165, 1.54) is 4.90 Å². The van der Waals surface area contributed by atoms with E-state index in [1.54, 1.807) is 44.4 Å². The Labute approximate surface area is 331 Å². The minimum atomic E-state index is -4.86. The van der Waals surface area contributed by atoms with Crippen LogP contribution in [0.5, 0.6) is 0 Å². The van der Waals surface area contributed by atoms with Crippen LogP contribution in [0.25, 0.3) is 0 Å². The topological polar surface area (TPSA) is 180 Å². The average molecular weight is 804 g/mol. The van der Waals surface area contributed by atoms with Gasteiger partial charge in [0, 0.05) is 20.0 Å². The fraction of sp³-hybridized carbons (Fsp3) is 0.683. The highest BCUT2D eigenvalue weighted by Crippen LogP contribution is 2.71. The quantitative estimate of drug-likeness (QED) is 0.178. The van der Waals surface area contributed by atoms with E-state index < -0.39 is 89.6 Å². The Kier molecular flexibility index (Phi) is 13.1. The van der Waals surface area contributed by atoms with Crippen molar-refractivity contribution in [1.82, 2.24) is 26.2 Å². The summed E-state index contributed by atoms with van der Waals surface area (Å²) in [5, 5.41) is 10.2. The lowest BCUT2D eigenvalue weighted by Gasteiger charge is -2.35. The largest absolute Gasteiger partial charge is 0.434 e. The first-order valence-electron chi connectivity index (χ1n) is 19.9. The number of carbonyl (C=O) groups is 7. The number of hydrogen-bond acceptors (Lipinski definition) is 8. The number of likely N-dealkylation sites (N-methyl/N-ethyl adjacent to an activating group) is 1. The molecule has 13 nitrogen and oxygen atoms in total. The number of nitrogens with one attached hydrogen (secondary N) is 4. The predicted molar refractivity (Wildman–Crippen MR) is 201 cm³/mol. The molecule has 16 heteroatoms. The van der Waals surface area contributed by atoms with Gasteiger partial charge in [-0.3, -0.25) is 28.8 Å². The molecule has 0 aromatic heterocycles. The summed E-state index contributed by atoms with van der Waals surface area (Å²) in [7, 11) is 3.08. The second-order valence-electron chi connectivity index (χ2n) is 17.6. The van der Waals surface area contributed by atoms with Crippen LogP contribution in [0.15, 0.2) is 30.3 Å². The maximum atomic E-state index is 14.5. The molecule has 4 aliphatic carbocycles. The number of alkyl halides is 3. The summed E-state index contributed by atoms with van der Waals surface area (Å²) in [5.41, 5.74) is -2.60.